The number of nitrogens with two attached hydrogens (primary N) is 1. The molecule has 6 heteroatoms. The van der Waals surface area contributed by atoms with Gasteiger partial charge in [0.05, 0.1) is 24.7 Å². The highest BCUT2D eigenvalue weighted by Crippen LogP contribution is 2.27. The number of methoxy groups -OCH3 is 1. The van der Waals surface area contributed by atoms with Gasteiger partial charge in [0, 0.05) is 12.7 Å². The van der Waals surface area contributed by atoms with Crippen molar-refractivity contribution in [1.29, 1.82) is 0 Å². The summed E-state index contributed by atoms with van der Waals surface area (Å²) in [5, 5.41) is 6.61. The number of hydrogen-bond acceptors (Lipinski definition) is 5. The molecule has 2 N–H and O–H groups in total. The summed E-state index contributed by atoms with van der Waals surface area (Å²) in [7, 11) is 1.65. The summed E-state index contributed by atoms with van der Waals surface area (Å²) in [5.74, 6) is 1.11. The van der Waals surface area contributed by atoms with E-state index in [1.165, 1.54) is 0 Å². The second-order valence-electron chi connectivity index (χ2n) is 5.37. The lowest BCUT2D eigenvalue weighted by Crippen LogP contribution is -2.06. The van der Waals surface area contributed by atoms with Crippen LogP contribution < -0.4 is 10.5 Å². The summed E-state index contributed by atoms with van der Waals surface area (Å²) in [5.41, 5.74) is 7.56. The van der Waals surface area contributed by atoms with Crippen LogP contribution in [-0.2, 0) is 4.74 Å². The molecule has 0 aliphatic heterocycles. The fourth-order valence-corrected chi connectivity index (χ4v) is 2.49. The van der Waals surface area contributed by atoms with Crippen molar-refractivity contribution in [3.8, 4) is 5.75 Å². The van der Waals surface area contributed by atoms with Gasteiger partial charge in [0.2, 0.25) is 5.95 Å². The number of nitrogen functional groups attached to an aromatic ring is 1. The van der Waals surface area contributed by atoms with Crippen molar-refractivity contribution in [2.75, 3.05) is 26.1 Å². The predicted molar refractivity (Wildman–Crippen MR) is 95.7 cm³/mol. The lowest BCUT2D eigenvalue weighted by Gasteiger charge is -2.11. The minimum Gasteiger partial charge on any atom is -0.490 e. The molecule has 0 aliphatic carbocycles. The first-order chi connectivity index (χ1) is 11.7. The van der Waals surface area contributed by atoms with Crippen LogP contribution in [0.1, 0.15) is 11.3 Å². The van der Waals surface area contributed by atoms with Gasteiger partial charge in [-0.15, -0.1) is 0 Å². The van der Waals surface area contributed by atoms with Crippen LogP contribution in [0.2, 0.25) is 0 Å². The molecule has 0 unspecified atom stereocenters. The standard InChI is InChI=1S/C18H20N4O2/c1-13-12-22(18(19)21-13)20-11-16-15-6-4-3-5-14(15)7-8-17(16)24-10-9-23-2/h3-8,11-12H,9-10H2,1-2H3,(H2,19,21). The van der Waals surface area contributed by atoms with E-state index in [4.69, 9.17) is 15.2 Å². The average molecular weight is 324 g/mol. The van der Waals surface area contributed by atoms with Crippen molar-refractivity contribution in [1.82, 2.24) is 9.66 Å². The molecule has 1 aromatic heterocycles. The Morgan fingerprint density at radius 1 is 1.21 bits per heavy atom. The number of nitrogens with zero attached hydrogens (tertiary/aromatic N) is 3. The molecule has 0 bridgehead atoms. The Bertz CT molecular complexity index is 871. The van der Waals surface area contributed by atoms with Crippen molar-refractivity contribution in [2.45, 2.75) is 6.92 Å². The topological polar surface area (TPSA) is 74.7 Å². The van der Waals surface area contributed by atoms with Crippen molar-refractivity contribution >= 4 is 22.9 Å². The van der Waals surface area contributed by atoms with Crippen LogP contribution in [0.3, 0.4) is 0 Å². The Morgan fingerprint density at radius 2 is 2.04 bits per heavy atom. The van der Waals surface area contributed by atoms with E-state index in [0.717, 1.165) is 27.8 Å². The van der Waals surface area contributed by atoms with Crippen LogP contribution >= 0.6 is 0 Å². The second-order valence-corrected chi connectivity index (χ2v) is 5.37. The van der Waals surface area contributed by atoms with Gasteiger partial charge in [-0.25, -0.2) is 9.66 Å². The van der Waals surface area contributed by atoms with E-state index in [9.17, 15) is 0 Å². The molecule has 0 amide bonds. The summed E-state index contributed by atoms with van der Waals surface area (Å²) in [6, 6.07) is 12.1. The van der Waals surface area contributed by atoms with E-state index < -0.39 is 0 Å². The number of imidazole rings is 1. The summed E-state index contributed by atoms with van der Waals surface area (Å²) < 4.78 is 12.4. The first-order valence-corrected chi connectivity index (χ1v) is 7.68. The van der Waals surface area contributed by atoms with E-state index in [1.807, 2.05) is 37.3 Å². The van der Waals surface area contributed by atoms with Gasteiger partial charge in [-0.3, -0.25) is 0 Å². The maximum atomic E-state index is 5.84. The molecule has 2 aromatic carbocycles. The third kappa shape index (κ3) is 3.38. The molecule has 0 saturated heterocycles. The Morgan fingerprint density at radius 3 is 2.79 bits per heavy atom. The van der Waals surface area contributed by atoms with Gasteiger partial charge in [0.15, 0.2) is 0 Å². The van der Waals surface area contributed by atoms with Crippen LogP contribution in [-0.4, -0.2) is 36.2 Å². The molecular weight excluding hydrogens is 304 g/mol. The van der Waals surface area contributed by atoms with Crippen LogP contribution in [0.25, 0.3) is 10.8 Å². The van der Waals surface area contributed by atoms with Gasteiger partial charge < -0.3 is 15.2 Å². The minimum absolute atomic E-state index is 0.353. The van der Waals surface area contributed by atoms with Crippen LogP contribution in [0.15, 0.2) is 47.7 Å². The SMILES string of the molecule is COCCOc1ccc2ccccc2c1C=Nn1cc(C)nc1N. The first-order valence-electron chi connectivity index (χ1n) is 7.68. The van der Waals surface area contributed by atoms with Crippen molar-refractivity contribution in [3.05, 3.63) is 53.9 Å². The smallest absolute Gasteiger partial charge is 0.221 e. The Hall–Kier alpha value is -2.86. The lowest BCUT2D eigenvalue weighted by molar-refractivity contribution is 0.146. The third-order valence-electron chi connectivity index (χ3n) is 3.62. The maximum absolute atomic E-state index is 5.84. The monoisotopic (exact) mass is 324 g/mol. The van der Waals surface area contributed by atoms with E-state index in [0.29, 0.717) is 19.2 Å². The number of aromatic nitrogens is 2. The second kappa shape index (κ2) is 7.14. The molecule has 124 valence electrons. The zero-order valence-corrected chi connectivity index (χ0v) is 13.8. The average Bonchev–Trinajstić information content (AvgIpc) is 2.91. The number of ether oxygens (including phenoxy) is 2. The minimum atomic E-state index is 0.353. The number of anilines is 1. The van der Waals surface area contributed by atoms with Gasteiger partial charge in [-0.2, -0.15) is 5.10 Å². The molecule has 24 heavy (non-hydrogen) atoms. The van der Waals surface area contributed by atoms with Crippen LogP contribution in [0, 0.1) is 6.92 Å². The van der Waals surface area contributed by atoms with Gasteiger partial charge in [0.25, 0.3) is 0 Å². The molecule has 1 heterocycles. The fraction of sp³-hybridized carbons (Fsp3) is 0.222. The zero-order valence-electron chi connectivity index (χ0n) is 13.8. The molecule has 0 saturated carbocycles. The number of aryl methyl sites for hydroxylation is 1. The molecule has 0 spiro atoms. The summed E-state index contributed by atoms with van der Waals surface area (Å²) in [4.78, 5) is 4.15. The molecular formula is C18H20N4O2. The van der Waals surface area contributed by atoms with Crippen molar-refractivity contribution < 1.29 is 9.47 Å². The fourth-order valence-electron chi connectivity index (χ4n) is 2.49. The van der Waals surface area contributed by atoms with Gasteiger partial charge >= 0.3 is 0 Å². The number of fused-ring (bicyclic) bond motifs is 1. The summed E-state index contributed by atoms with van der Waals surface area (Å²) >= 11 is 0. The third-order valence-corrected chi connectivity index (χ3v) is 3.62. The molecule has 0 atom stereocenters. The number of benzene rings is 2. The summed E-state index contributed by atoms with van der Waals surface area (Å²) in [6.45, 7) is 2.87. The van der Waals surface area contributed by atoms with E-state index in [-0.39, 0.29) is 0 Å². The van der Waals surface area contributed by atoms with Crippen LogP contribution in [0.4, 0.5) is 5.95 Å². The summed E-state index contributed by atoms with van der Waals surface area (Å²) in [6.07, 6.45) is 3.53. The van der Waals surface area contributed by atoms with E-state index >= 15 is 0 Å². The van der Waals surface area contributed by atoms with Crippen molar-refractivity contribution in [3.63, 3.8) is 0 Å². The molecule has 0 radical (unpaired) electrons. The van der Waals surface area contributed by atoms with Crippen LogP contribution in [0.5, 0.6) is 5.75 Å². The molecule has 3 aromatic rings. The number of rotatable bonds is 6. The molecule has 0 fully saturated rings. The highest BCUT2D eigenvalue weighted by atomic mass is 16.5. The molecule has 0 aliphatic rings. The highest BCUT2D eigenvalue weighted by molar-refractivity contribution is 6.02. The van der Waals surface area contributed by atoms with Gasteiger partial charge in [-0.1, -0.05) is 30.3 Å². The van der Waals surface area contributed by atoms with E-state index in [2.05, 4.69) is 16.2 Å². The Balaban J connectivity index is 2.02. The number of hydrogen-bond donors (Lipinski definition) is 1. The molecule has 6 nitrogen and oxygen atoms in total. The lowest BCUT2D eigenvalue weighted by atomic mass is 10.0. The zero-order chi connectivity index (χ0) is 16.9. The largest absolute Gasteiger partial charge is 0.490 e. The Kier molecular flexibility index (Phi) is 4.77. The predicted octanol–water partition coefficient (Wildman–Crippen LogP) is 2.83. The maximum Gasteiger partial charge on any atom is 0.221 e. The first kappa shape index (κ1) is 16.0. The van der Waals surface area contributed by atoms with Gasteiger partial charge in [0.1, 0.15) is 12.4 Å². The Labute approximate surface area is 140 Å². The molecule has 3 rings (SSSR count). The highest BCUT2D eigenvalue weighted by Gasteiger charge is 2.08. The normalized spacial score (nSPS) is 11.4. The van der Waals surface area contributed by atoms with Crippen molar-refractivity contribution in [2.24, 2.45) is 5.10 Å². The van der Waals surface area contributed by atoms with Gasteiger partial charge in [-0.05, 0) is 23.8 Å². The van der Waals surface area contributed by atoms with E-state index in [1.54, 1.807) is 24.2 Å². The quantitative estimate of drug-likeness (QED) is 0.559.